The molecule has 0 saturated carbocycles. The summed E-state index contributed by atoms with van der Waals surface area (Å²) in [5.41, 5.74) is 1.44. The third-order valence-corrected chi connectivity index (χ3v) is 5.01. The normalized spacial score (nSPS) is 19.7. The second-order valence-electron chi connectivity index (χ2n) is 6.87. The number of carbonyl (C=O) groups is 2. The molecule has 27 heavy (non-hydrogen) atoms. The highest BCUT2D eigenvalue weighted by atomic mass is 35.5. The predicted octanol–water partition coefficient (Wildman–Crippen LogP) is 3.16. The summed E-state index contributed by atoms with van der Waals surface area (Å²) in [6.07, 6.45) is 2.32. The van der Waals surface area contributed by atoms with Crippen molar-refractivity contribution in [3.8, 4) is 0 Å². The quantitative estimate of drug-likeness (QED) is 0.851. The lowest BCUT2D eigenvalue weighted by atomic mass is 10.0. The number of halogens is 1. The molecule has 3 rings (SSSR count). The summed E-state index contributed by atoms with van der Waals surface area (Å²) in [7, 11) is 0. The smallest absolute Gasteiger partial charge is 0.258 e. The van der Waals surface area contributed by atoms with Crippen molar-refractivity contribution >= 4 is 23.4 Å². The zero-order valence-corrected chi connectivity index (χ0v) is 16.2. The minimum atomic E-state index is -0.677. The van der Waals surface area contributed by atoms with Crippen LogP contribution >= 0.6 is 11.6 Å². The average Bonchev–Trinajstić information content (AvgIpc) is 3.11. The summed E-state index contributed by atoms with van der Waals surface area (Å²) in [4.78, 5) is 26.7. The van der Waals surface area contributed by atoms with Crippen molar-refractivity contribution in [3.05, 3.63) is 58.5 Å². The molecular formula is C20H23ClN2O4. The van der Waals surface area contributed by atoms with Crippen LogP contribution < -0.4 is 5.32 Å². The fourth-order valence-corrected chi connectivity index (χ4v) is 3.28. The molecule has 1 aliphatic heterocycles. The van der Waals surface area contributed by atoms with Gasteiger partial charge in [0.1, 0.15) is 5.60 Å². The zero-order chi connectivity index (χ0) is 19.4. The van der Waals surface area contributed by atoms with Gasteiger partial charge in [-0.3, -0.25) is 9.59 Å². The van der Waals surface area contributed by atoms with Crippen molar-refractivity contribution in [2.75, 3.05) is 26.2 Å². The molecule has 144 valence electrons. The van der Waals surface area contributed by atoms with Gasteiger partial charge in [0, 0.05) is 18.7 Å². The van der Waals surface area contributed by atoms with Crippen molar-refractivity contribution in [3.63, 3.8) is 0 Å². The second kappa shape index (κ2) is 8.15. The van der Waals surface area contributed by atoms with E-state index in [9.17, 15) is 9.59 Å². The molecule has 0 spiro atoms. The summed E-state index contributed by atoms with van der Waals surface area (Å²) >= 11 is 5.91. The minimum Gasteiger partial charge on any atom is -0.452 e. The molecule has 2 aromatic rings. The van der Waals surface area contributed by atoms with Gasteiger partial charge in [-0.1, -0.05) is 19.1 Å². The number of ether oxygens (including phenoxy) is 1. The van der Waals surface area contributed by atoms with E-state index in [-0.39, 0.29) is 17.0 Å². The van der Waals surface area contributed by atoms with Gasteiger partial charge in [-0.25, -0.2) is 0 Å². The van der Waals surface area contributed by atoms with E-state index >= 15 is 0 Å². The van der Waals surface area contributed by atoms with Crippen LogP contribution in [0.15, 0.2) is 41.0 Å². The van der Waals surface area contributed by atoms with Crippen LogP contribution in [0.2, 0.25) is 5.22 Å². The van der Waals surface area contributed by atoms with Crippen LogP contribution in [0.5, 0.6) is 0 Å². The van der Waals surface area contributed by atoms with E-state index in [0.717, 1.165) is 6.42 Å². The van der Waals surface area contributed by atoms with Crippen molar-refractivity contribution in [2.24, 2.45) is 0 Å². The van der Waals surface area contributed by atoms with Gasteiger partial charge in [-0.2, -0.15) is 0 Å². The Kier molecular flexibility index (Phi) is 5.87. The lowest BCUT2D eigenvalue weighted by Crippen LogP contribution is -2.56. The minimum absolute atomic E-state index is 0.0806. The number of hydrogen-bond donors (Lipinski definition) is 1. The summed E-state index contributed by atoms with van der Waals surface area (Å²) in [5, 5.41) is 2.99. The SMILES string of the molecule is CCc1ccc(C(=O)NCC2(C)CN(C(=O)c3ccoc3Cl)CCO2)cc1. The first-order chi connectivity index (χ1) is 12.9. The van der Waals surface area contributed by atoms with Crippen molar-refractivity contribution < 1.29 is 18.7 Å². The molecule has 0 radical (unpaired) electrons. The fraction of sp³-hybridized carbons (Fsp3) is 0.400. The Hall–Kier alpha value is -2.31. The molecule has 1 N–H and O–H groups in total. The van der Waals surface area contributed by atoms with Gasteiger partial charge in [0.05, 0.1) is 25.0 Å². The number of carbonyl (C=O) groups excluding carboxylic acids is 2. The van der Waals surface area contributed by atoms with Crippen molar-refractivity contribution in [2.45, 2.75) is 25.9 Å². The van der Waals surface area contributed by atoms with E-state index in [1.165, 1.54) is 11.8 Å². The maximum atomic E-state index is 12.6. The average molecular weight is 391 g/mol. The lowest BCUT2D eigenvalue weighted by Gasteiger charge is -2.40. The highest BCUT2D eigenvalue weighted by molar-refractivity contribution is 6.32. The molecule has 0 bridgehead atoms. The van der Waals surface area contributed by atoms with Gasteiger partial charge in [-0.15, -0.1) is 0 Å². The Labute approximate surface area is 163 Å². The standard InChI is InChI=1S/C20H23ClN2O4/c1-3-14-4-6-15(7-5-14)18(24)22-12-20(2)13-23(9-11-27-20)19(25)16-8-10-26-17(16)21/h4-8,10H,3,9,11-13H2,1-2H3,(H,22,24). The number of hydrogen-bond acceptors (Lipinski definition) is 4. The van der Waals surface area contributed by atoms with Crippen LogP contribution in [0.1, 0.15) is 40.1 Å². The molecule has 6 nitrogen and oxygen atoms in total. The highest BCUT2D eigenvalue weighted by Gasteiger charge is 2.35. The van der Waals surface area contributed by atoms with Gasteiger partial charge in [0.25, 0.3) is 11.8 Å². The maximum absolute atomic E-state index is 12.6. The van der Waals surface area contributed by atoms with E-state index in [1.54, 1.807) is 11.0 Å². The summed E-state index contributed by atoms with van der Waals surface area (Å²) < 4.78 is 10.9. The molecule has 2 heterocycles. The van der Waals surface area contributed by atoms with Crippen molar-refractivity contribution in [1.82, 2.24) is 10.2 Å². The van der Waals surface area contributed by atoms with E-state index in [2.05, 4.69) is 12.2 Å². The third kappa shape index (κ3) is 4.51. The molecular weight excluding hydrogens is 368 g/mol. The van der Waals surface area contributed by atoms with Gasteiger partial charge in [0.2, 0.25) is 5.22 Å². The summed E-state index contributed by atoms with van der Waals surface area (Å²) in [6.45, 7) is 5.44. The second-order valence-corrected chi connectivity index (χ2v) is 7.21. The maximum Gasteiger partial charge on any atom is 0.258 e. The highest BCUT2D eigenvalue weighted by Crippen LogP contribution is 2.23. The van der Waals surface area contributed by atoms with Crippen LogP contribution in [-0.2, 0) is 11.2 Å². The van der Waals surface area contributed by atoms with Crippen LogP contribution in [0, 0.1) is 0 Å². The first kappa shape index (κ1) is 19.5. The zero-order valence-electron chi connectivity index (χ0n) is 15.5. The van der Waals surface area contributed by atoms with Gasteiger partial charge >= 0.3 is 0 Å². The van der Waals surface area contributed by atoms with E-state index in [1.807, 2.05) is 31.2 Å². The number of furan rings is 1. The number of nitrogens with one attached hydrogen (secondary N) is 1. The van der Waals surface area contributed by atoms with Crippen LogP contribution in [-0.4, -0.2) is 48.6 Å². The predicted molar refractivity (Wildman–Crippen MR) is 102 cm³/mol. The molecule has 2 amide bonds. The number of rotatable bonds is 5. The van der Waals surface area contributed by atoms with E-state index in [0.29, 0.717) is 37.4 Å². The third-order valence-electron chi connectivity index (χ3n) is 4.72. The Morgan fingerprint density at radius 1 is 1.26 bits per heavy atom. The fourth-order valence-electron chi connectivity index (χ4n) is 3.09. The van der Waals surface area contributed by atoms with E-state index in [4.69, 9.17) is 20.8 Å². The Balaban J connectivity index is 1.61. The van der Waals surface area contributed by atoms with Gasteiger partial charge < -0.3 is 19.4 Å². The molecule has 0 aliphatic carbocycles. The Morgan fingerprint density at radius 2 is 2.00 bits per heavy atom. The van der Waals surface area contributed by atoms with Crippen LogP contribution in [0.3, 0.4) is 0 Å². The monoisotopic (exact) mass is 390 g/mol. The molecule has 1 fully saturated rings. The molecule has 1 atom stereocenters. The van der Waals surface area contributed by atoms with Gasteiger partial charge in [0.15, 0.2) is 0 Å². The molecule has 1 unspecified atom stereocenters. The number of morpholine rings is 1. The number of amides is 2. The first-order valence-electron chi connectivity index (χ1n) is 8.95. The first-order valence-corrected chi connectivity index (χ1v) is 9.33. The molecule has 1 saturated heterocycles. The Morgan fingerprint density at radius 3 is 2.63 bits per heavy atom. The topological polar surface area (TPSA) is 71.8 Å². The summed E-state index contributed by atoms with van der Waals surface area (Å²) in [6, 6.07) is 9.08. The molecule has 1 aliphatic rings. The van der Waals surface area contributed by atoms with Gasteiger partial charge in [-0.05, 0) is 48.7 Å². The van der Waals surface area contributed by atoms with Crippen molar-refractivity contribution in [1.29, 1.82) is 0 Å². The lowest BCUT2D eigenvalue weighted by molar-refractivity contribution is -0.0850. The Bertz CT molecular complexity index is 818. The van der Waals surface area contributed by atoms with E-state index < -0.39 is 5.60 Å². The van der Waals surface area contributed by atoms with Crippen LogP contribution in [0.4, 0.5) is 0 Å². The molecule has 1 aromatic carbocycles. The molecule has 7 heteroatoms. The number of aryl methyl sites for hydroxylation is 1. The summed E-state index contributed by atoms with van der Waals surface area (Å²) in [5.74, 6) is -0.367. The molecule has 1 aromatic heterocycles. The van der Waals surface area contributed by atoms with Crippen LogP contribution in [0.25, 0.3) is 0 Å². The number of nitrogens with zero attached hydrogens (tertiary/aromatic N) is 1. The number of benzene rings is 1. The largest absolute Gasteiger partial charge is 0.452 e.